The van der Waals surface area contributed by atoms with Gasteiger partial charge in [0.05, 0.1) is 0 Å². The molecule has 1 fully saturated rings. The molecule has 6 nitrogen and oxygen atoms in total. The summed E-state index contributed by atoms with van der Waals surface area (Å²) in [6, 6.07) is 5.58. The van der Waals surface area contributed by atoms with Gasteiger partial charge in [0, 0.05) is 38.7 Å². The van der Waals surface area contributed by atoms with E-state index in [0.29, 0.717) is 48.8 Å². The largest absolute Gasteiger partial charge is 0.445 e. The molecule has 0 saturated carbocycles. The van der Waals surface area contributed by atoms with E-state index in [9.17, 15) is 14.0 Å². The average molecular weight is 359 g/mol. The van der Waals surface area contributed by atoms with Crippen molar-refractivity contribution in [3.8, 4) is 0 Å². The molecule has 1 aromatic heterocycles. The standard InChI is InChI=1S/C19H22FN3O3/c1-12-16(19(25)22(2)3)21-17(26-12)13-8-10-23(11-9-13)18(24)14-4-6-15(20)7-5-14/h4-7,13H,8-11H2,1-3H3. The number of hydrogen-bond donors (Lipinski definition) is 0. The van der Waals surface area contributed by atoms with Crippen molar-refractivity contribution in [1.29, 1.82) is 0 Å². The van der Waals surface area contributed by atoms with Crippen LogP contribution < -0.4 is 0 Å². The molecule has 1 saturated heterocycles. The van der Waals surface area contributed by atoms with Crippen LogP contribution in [0.25, 0.3) is 0 Å². The monoisotopic (exact) mass is 359 g/mol. The Bertz CT molecular complexity index is 806. The van der Waals surface area contributed by atoms with Crippen LogP contribution in [0.4, 0.5) is 4.39 Å². The highest BCUT2D eigenvalue weighted by Gasteiger charge is 2.29. The molecule has 2 heterocycles. The van der Waals surface area contributed by atoms with Gasteiger partial charge in [-0.3, -0.25) is 9.59 Å². The van der Waals surface area contributed by atoms with E-state index >= 15 is 0 Å². The summed E-state index contributed by atoms with van der Waals surface area (Å²) in [5.74, 6) is 0.513. The number of nitrogens with zero attached hydrogens (tertiary/aromatic N) is 3. The van der Waals surface area contributed by atoms with Crippen molar-refractivity contribution in [1.82, 2.24) is 14.8 Å². The van der Waals surface area contributed by atoms with Gasteiger partial charge in [-0.05, 0) is 44.0 Å². The molecule has 3 rings (SSSR count). The third kappa shape index (κ3) is 3.61. The summed E-state index contributed by atoms with van der Waals surface area (Å²) in [7, 11) is 3.35. The number of likely N-dealkylation sites (tertiary alicyclic amines) is 1. The average Bonchev–Trinajstić information content (AvgIpc) is 3.03. The zero-order chi connectivity index (χ0) is 18.8. The fraction of sp³-hybridized carbons (Fsp3) is 0.421. The highest BCUT2D eigenvalue weighted by molar-refractivity contribution is 5.94. The first kappa shape index (κ1) is 18.1. The van der Waals surface area contributed by atoms with E-state index in [4.69, 9.17) is 4.42 Å². The summed E-state index contributed by atoms with van der Waals surface area (Å²) in [6.45, 7) is 2.87. The molecule has 0 aliphatic carbocycles. The Labute approximate surface area is 151 Å². The lowest BCUT2D eigenvalue weighted by atomic mass is 9.96. The molecular weight excluding hydrogens is 337 g/mol. The first-order valence-electron chi connectivity index (χ1n) is 8.60. The molecule has 0 unspecified atom stereocenters. The van der Waals surface area contributed by atoms with E-state index in [0.717, 1.165) is 0 Å². The predicted octanol–water partition coefficient (Wildman–Crippen LogP) is 2.84. The zero-order valence-electron chi connectivity index (χ0n) is 15.2. The number of amides is 2. The molecule has 1 aromatic carbocycles. The highest BCUT2D eigenvalue weighted by atomic mass is 19.1. The lowest BCUT2D eigenvalue weighted by molar-refractivity contribution is 0.0705. The van der Waals surface area contributed by atoms with Crippen LogP contribution >= 0.6 is 0 Å². The molecule has 1 aliphatic rings. The highest BCUT2D eigenvalue weighted by Crippen LogP contribution is 2.29. The minimum atomic E-state index is -0.359. The van der Waals surface area contributed by atoms with E-state index in [1.807, 2.05) is 0 Å². The first-order valence-corrected chi connectivity index (χ1v) is 8.60. The lowest BCUT2D eigenvalue weighted by Crippen LogP contribution is -2.38. The van der Waals surface area contributed by atoms with Crippen molar-refractivity contribution in [2.75, 3.05) is 27.2 Å². The third-order valence-corrected chi connectivity index (χ3v) is 4.64. The molecule has 1 aliphatic heterocycles. The topological polar surface area (TPSA) is 66.7 Å². The van der Waals surface area contributed by atoms with E-state index in [2.05, 4.69) is 4.98 Å². The Hall–Kier alpha value is -2.70. The summed E-state index contributed by atoms with van der Waals surface area (Å²) in [5.41, 5.74) is 0.825. The SMILES string of the molecule is Cc1oc(C2CCN(C(=O)c3ccc(F)cc3)CC2)nc1C(=O)N(C)C. The number of hydrogen-bond acceptors (Lipinski definition) is 4. The number of aromatic nitrogens is 1. The van der Waals surface area contributed by atoms with E-state index < -0.39 is 0 Å². The molecule has 0 radical (unpaired) electrons. The number of halogens is 1. The Balaban J connectivity index is 1.65. The molecule has 7 heteroatoms. The van der Waals surface area contributed by atoms with E-state index in [-0.39, 0.29) is 23.5 Å². The molecule has 0 N–H and O–H groups in total. The second-order valence-corrected chi connectivity index (χ2v) is 6.73. The number of rotatable bonds is 3. The Morgan fingerprint density at radius 2 is 1.81 bits per heavy atom. The zero-order valence-corrected chi connectivity index (χ0v) is 15.2. The van der Waals surface area contributed by atoms with Crippen molar-refractivity contribution < 1.29 is 18.4 Å². The van der Waals surface area contributed by atoms with Gasteiger partial charge in [-0.2, -0.15) is 0 Å². The Morgan fingerprint density at radius 3 is 2.38 bits per heavy atom. The van der Waals surface area contributed by atoms with Crippen molar-refractivity contribution in [2.24, 2.45) is 0 Å². The van der Waals surface area contributed by atoms with Gasteiger partial charge in [-0.25, -0.2) is 9.37 Å². The van der Waals surface area contributed by atoms with Crippen LogP contribution in [-0.2, 0) is 0 Å². The maximum Gasteiger partial charge on any atom is 0.275 e. The van der Waals surface area contributed by atoms with E-state index in [1.165, 1.54) is 29.2 Å². The maximum absolute atomic E-state index is 13.0. The number of benzene rings is 1. The first-order chi connectivity index (χ1) is 12.4. The number of oxazole rings is 1. The van der Waals surface area contributed by atoms with Crippen LogP contribution in [0.3, 0.4) is 0 Å². The quantitative estimate of drug-likeness (QED) is 0.845. The van der Waals surface area contributed by atoms with Gasteiger partial charge in [0.2, 0.25) is 0 Å². The van der Waals surface area contributed by atoms with Crippen LogP contribution in [-0.4, -0.2) is 53.8 Å². The molecule has 0 spiro atoms. The van der Waals surface area contributed by atoms with Crippen LogP contribution in [0.2, 0.25) is 0 Å². The number of aryl methyl sites for hydroxylation is 1. The van der Waals surface area contributed by atoms with Crippen molar-refractivity contribution in [2.45, 2.75) is 25.7 Å². The molecule has 0 atom stereocenters. The summed E-state index contributed by atoms with van der Waals surface area (Å²) in [6.07, 6.45) is 1.42. The molecule has 26 heavy (non-hydrogen) atoms. The van der Waals surface area contributed by atoms with E-state index in [1.54, 1.807) is 25.9 Å². The summed E-state index contributed by atoms with van der Waals surface area (Å²) < 4.78 is 18.7. The van der Waals surface area contributed by atoms with Gasteiger partial charge < -0.3 is 14.2 Å². The van der Waals surface area contributed by atoms with Gasteiger partial charge in [0.15, 0.2) is 11.6 Å². The van der Waals surface area contributed by atoms with Crippen molar-refractivity contribution in [3.63, 3.8) is 0 Å². The predicted molar refractivity (Wildman–Crippen MR) is 93.5 cm³/mol. The minimum Gasteiger partial charge on any atom is -0.445 e. The molecule has 138 valence electrons. The number of carbonyl (C=O) groups excluding carboxylic acids is 2. The molecule has 0 bridgehead atoms. The van der Waals surface area contributed by atoms with Gasteiger partial charge >= 0.3 is 0 Å². The fourth-order valence-corrected chi connectivity index (χ4v) is 3.11. The van der Waals surface area contributed by atoms with Crippen molar-refractivity contribution >= 4 is 11.8 Å². The van der Waals surface area contributed by atoms with Gasteiger partial charge in [-0.15, -0.1) is 0 Å². The molecular formula is C19H22FN3O3. The fourth-order valence-electron chi connectivity index (χ4n) is 3.11. The number of carbonyl (C=O) groups is 2. The summed E-state index contributed by atoms with van der Waals surface area (Å²) >= 11 is 0. The Kier molecular flexibility index (Phi) is 5.06. The summed E-state index contributed by atoms with van der Waals surface area (Å²) in [4.78, 5) is 32.2. The van der Waals surface area contributed by atoms with Crippen LogP contribution in [0, 0.1) is 12.7 Å². The van der Waals surface area contributed by atoms with Crippen molar-refractivity contribution in [3.05, 3.63) is 53.0 Å². The smallest absolute Gasteiger partial charge is 0.275 e. The van der Waals surface area contributed by atoms with Gasteiger partial charge in [0.25, 0.3) is 11.8 Å². The second-order valence-electron chi connectivity index (χ2n) is 6.73. The normalized spacial score (nSPS) is 15.2. The summed E-state index contributed by atoms with van der Waals surface area (Å²) in [5, 5.41) is 0. The lowest BCUT2D eigenvalue weighted by Gasteiger charge is -2.30. The second kappa shape index (κ2) is 7.27. The van der Waals surface area contributed by atoms with Gasteiger partial charge in [-0.1, -0.05) is 0 Å². The Morgan fingerprint density at radius 1 is 1.19 bits per heavy atom. The third-order valence-electron chi connectivity index (χ3n) is 4.64. The molecule has 2 amide bonds. The molecule has 2 aromatic rings. The van der Waals surface area contributed by atoms with Crippen LogP contribution in [0.5, 0.6) is 0 Å². The maximum atomic E-state index is 13.0. The van der Waals surface area contributed by atoms with Crippen LogP contribution in [0.15, 0.2) is 28.7 Å². The van der Waals surface area contributed by atoms with Gasteiger partial charge in [0.1, 0.15) is 11.6 Å². The number of piperidine rings is 1. The van der Waals surface area contributed by atoms with Crippen LogP contribution in [0.1, 0.15) is 51.3 Å². The minimum absolute atomic E-state index is 0.0784.